The molecule has 1 aromatic heterocycles. The van der Waals surface area contributed by atoms with E-state index in [-0.39, 0.29) is 24.2 Å². The normalized spacial score (nSPS) is 23.3. The maximum atomic E-state index is 12.4. The second-order valence-corrected chi connectivity index (χ2v) is 6.57. The fourth-order valence-electron chi connectivity index (χ4n) is 3.23. The lowest BCUT2D eigenvalue weighted by Crippen LogP contribution is -2.52. The molecule has 1 amide bonds. The molecule has 0 bridgehead atoms. The number of carbonyl (C=O) groups excluding carboxylic acids is 1. The lowest BCUT2D eigenvalue weighted by atomic mass is 9.74. The molecule has 5 nitrogen and oxygen atoms in total. The number of nitrogens with one attached hydrogen (secondary N) is 1. The summed E-state index contributed by atoms with van der Waals surface area (Å²) in [6, 6.07) is 11.7. The second-order valence-electron chi connectivity index (χ2n) is 6.57. The fourth-order valence-corrected chi connectivity index (χ4v) is 3.23. The predicted molar refractivity (Wildman–Crippen MR) is 95.6 cm³/mol. The van der Waals surface area contributed by atoms with Crippen LogP contribution in [0.5, 0.6) is 0 Å². The first-order chi connectivity index (χ1) is 11.1. The molecule has 3 rings (SSSR count). The lowest BCUT2D eigenvalue weighted by Gasteiger charge is -2.37. The van der Waals surface area contributed by atoms with Crippen LogP contribution in [0.4, 0.5) is 0 Å². The Bertz CT molecular complexity index is 670. The molecule has 1 saturated carbocycles. The van der Waals surface area contributed by atoms with Gasteiger partial charge in [-0.1, -0.05) is 48.3 Å². The van der Waals surface area contributed by atoms with E-state index >= 15 is 0 Å². The Morgan fingerprint density at radius 1 is 1.38 bits per heavy atom. The molecule has 0 saturated heterocycles. The van der Waals surface area contributed by atoms with Gasteiger partial charge in [0.2, 0.25) is 5.91 Å². The number of aromatic nitrogens is 1. The van der Waals surface area contributed by atoms with Crippen molar-refractivity contribution in [1.29, 1.82) is 0 Å². The van der Waals surface area contributed by atoms with Gasteiger partial charge in [-0.2, -0.15) is 0 Å². The van der Waals surface area contributed by atoms with Crippen LogP contribution in [0, 0.1) is 5.92 Å². The maximum Gasteiger partial charge on any atom is 0.225 e. The first-order valence-electron chi connectivity index (χ1n) is 8.14. The topological polar surface area (TPSA) is 81.2 Å². The number of halogens is 1. The van der Waals surface area contributed by atoms with Crippen LogP contribution < -0.4 is 11.1 Å². The third kappa shape index (κ3) is 4.16. The van der Waals surface area contributed by atoms with Gasteiger partial charge in [-0.3, -0.25) is 4.79 Å². The molecule has 2 unspecified atom stereocenters. The molecule has 0 spiro atoms. The second kappa shape index (κ2) is 7.81. The number of rotatable bonds is 4. The highest BCUT2D eigenvalue weighted by Gasteiger charge is 2.37. The maximum absolute atomic E-state index is 12.4. The van der Waals surface area contributed by atoms with E-state index in [2.05, 4.69) is 10.5 Å². The number of nitrogens with zero attached hydrogens (tertiary/aromatic N) is 1. The van der Waals surface area contributed by atoms with Crippen LogP contribution in [0.3, 0.4) is 0 Å². The molecule has 1 aliphatic rings. The summed E-state index contributed by atoms with van der Waals surface area (Å²) in [5.74, 6) is 0.520. The standard InChI is InChI=1S/C18H23N3O2.ClH/c1-18(19)10-6-5-9-15(18)17(22)20-12-14-11-16(21-23-14)13-7-3-2-4-8-13;/h2-4,7-8,11,15H,5-6,9-10,12,19H2,1H3,(H,20,22);1H. The fraction of sp³-hybridized carbons (Fsp3) is 0.444. The molecule has 0 aliphatic heterocycles. The number of hydrogen-bond donors (Lipinski definition) is 2. The Labute approximate surface area is 148 Å². The molecule has 1 heterocycles. The van der Waals surface area contributed by atoms with Gasteiger partial charge >= 0.3 is 0 Å². The highest BCUT2D eigenvalue weighted by atomic mass is 35.5. The summed E-state index contributed by atoms with van der Waals surface area (Å²) in [5.41, 5.74) is 7.63. The zero-order valence-electron chi connectivity index (χ0n) is 13.8. The Balaban J connectivity index is 0.00000208. The van der Waals surface area contributed by atoms with Crippen molar-refractivity contribution in [2.75, 3.05) is 0 Å². The van der Waals surface area contributed by atoms with Gasteiger partial charge in [-0.05, 0) is 19.8 Å². The van der Waals surface area contributed by atoms with Gasteiger partial charge in [0.05, 0.1) is 12.5 Å². The van der Waals surface area contributed by atoms with Crippen molar-refractivity contribution in [3.63, 3.8) is 0 Å². The summed E-state index contributed by atoms with van der Waals surface area (Å²) in [4.78, 5) is 12.4. The summed E-state index contributed by atoms with van der Waals surface area (Å²) in [6.45, 7) is 2.31. The van der Waals surface area contributed by atoms with Crippen LogP contribution in [-0.2, 0) is 11.3 Å². The Hall–Kier alpha value is -1.85. The number of amides is 1. The van der Waals surface area contributed by atoms with E-state index in [4.69, 9.17) is 10.3 Å². The van der Waals surface area contributed by atoms with Crippen molar-refractivity contribution >= 4 is 18.3 Å². The van der Waals surface area contributed by atoms with Crippen LogP contribution >= 0.6 is 12.4 Å². The van der Waals surface area contributed by atoms with Crippen LogP contribution in [-0.4, -0.2) is 16.6 Å². The van der Waals surface area contributed by atoms with E-state index in [1.54, 1.807) is 0 Å². The van der Waals surface area contributed by atoms with Gasteiger partial charge < -0.3 is 15.6 Å². The number of carbonyl (C=O) groups is 1. The van der Waals surface area contributed by atoms with Crippen molar-refractivity contribution < 1.29 is 9.32 Å². The Morgan fingerprint density at radius 2 is 2.12 bits per heavy atom. The van der Waals surface area contributed by atoms with Crippen molar-refractivity contribution in [3.05, 3.63) is 42.2 Å². The zero-order valence-corrected chi connectivity index (χ0v) is 14.6. The van der Waals surface area contributed by atoms with Crippen LogP contribution in [0.25, 0.3) is 11.3 Å². The third-order valence-corrected chi connectivity index (χ3v) is 4.64. The molecule has 24 heavy (non-hydrogen) atoms. The van der Waals surface area contributed by atoms with Crippen LogP contribution in [0.15, 0.2) is 40.9 Å². The van der Waals surface area contributed by atoms with Gasteiger partial charge in [0.1, 0.15) is 5.69 Å². The Morgan fingerprint density at radius 3 is 2.83 bits per heavy atom. The number of hydrogen-bond acceptors (Lipinski definition) is 4. The summed E-state index contributed by atoms with van der Waals surface area (Å²) in [7, 11) is 0. The monoisotopic (exact) mass is 349 g/mol. The minimum absolute atomic E-state index is 0. The van der Waals surface area contributed by atoms with Gasteiger partial charge in [-0.25, -0.2) is 0 Å². The largest absolute Gasteiger partial charge is 0.359 e. The predicted octanol–water partition coefficient (Wildman–Crippen LogP) is 3.29. The summed E-state index contributed by atoms with van der Waals surface area (Å²) >= 11 is 0. The van der Waals surface area contributed by atoms with Crippen molar-refractivity contribution in [3.8, 4) is 11.3 Å². The molecule has 130 valence electrons. The third-order valence-electron chi connectivity index (χ3n) is 4.64. The molecule has 2 atom stereocenters. The minimum atomic E-state index is -0.418. The summed E-state index contributed by atoms with van der Waals surface area (Å²) in [5, 5.41) is 6.99. The van der Waals surface area contributed by atoms with E-state index in [1.807, 2.05) is 43.3 Å². The molecule has 6 heteroatoms. The van der Waals surface area contributed by atoms with E-state index in [0.29, 0.717) is 12.3 Å². The highest BCUT2D eigenvalue weighted by molar-refractivity contribution is 5.85. The molecule has 2 aromatic rings. The van der Waals surface area contributed by atoms with E-state index in [9.17, 15) is 4.79 Å². The molecular weight excluding hydrogens is 326 g/mol. The van der Waals surface area contributed by atoms with Gasteiger partial charge in [-0.15, -0.1) is 12.4 Å². The van der Waals surface area contributed by atoms with Crippen LogP contribution in [0.1, 0.15) is 38.4 Å². The van der Waals surface area contributed by atoms with Gasteiger partial charge in [0, 0.05) is 17.2 Å². The summed E-state index contributed by atoms with van der Waals surface area (Å²) < 4.78 is 5.31. The average molecular weight is 350 g/mol. The SMILES string of the molecule is CC1(N)CCCCC1C(=O)NCc1cc(-c2ccccc2)no1.Cl. The minimum Gasteiger partial charge on any atom is -0.359 e. The van der Waals surface area contributed by atoms with Crippen molar-refractivity contribution in [2.45, 2.75) is 44.7 Å². The molecule has 0 radical (unpaired) electrons. The van der Waals surface area contributed by atoms with Crippen LogP contribution in [0.2, 0.25) is 0 Å². The van der Waals surface area contributed by atoms with Crippen molar-refractivity contribution in [2.24, 2.45) is 11.7 Å². The quantitative estimate of drug-likeness (QED) is 0.887. The van der Waals surface area contributed by atoms with E-state index in [1.165, 1.54) is 0 Å². The molecule has 1 fully saturated rings. The smallest absolute Gasteiger partial charge is 0.225 e. The first kappa shape index (κ1) is 18.5. The number of nitrogens with two attached hydrogens (primary N) is 1. The van der Waals surface area contributed by atoms with E-state index < -0.39 is 5.54 Å². The average Bonchev–Trinajstić information content (AvgIpc) is 3.02. The molecular formula is C18H24ClN3O2. The molecule has 1 aliphatic carbocycles. The lowest BCUT2D eigenvalue weighted by molar-refractivity contribution is -0.128. The molecule has 1 aromatic carbocycles. The van der Waals surface area contributed by atoms with Gasteiger partial charge in [0.25, 0.3) is 0 Å². The van der Waals surface area contributed by atoms with Crippen molar-refractivity contribution in [1.82, 2.24) is 10.5 Å². The Kier molecular flexibility index (Phi) is 6.02. The van der Waals surface area contributed by atoms with Gasteiger partial charge in [0.15, 0.2) is 5.76 Å². The zero-order chi connectivity index (χ0) is 16.3. The number of benzene rings is 1. The molecule has 3 N–H and O–H groups in total. The summed E-state index contributed by atoms with van der Waals surface area (Å²) in [6.07, 6.45) is 3.90. The first-order valence-corrected chi connectivity index (χ1v) is 8.14. The van der Waals surface area contributed by atoms with E-state index in [0.717, 1.165) is 36.9 Å². The highest BCUT2D eigenvalue weighted by Crippen LogP contribution is 2.31.